The number of carbonyl (C=O) groups is 1. The first-order valence-corrected chi connectivity index (χ1v) is 7.23. The molecule has 3 aromatic rings. The molecule has 7 heteroatoms. The average molecular weight is 320 g/mol. The number of aromatic carboxylic acids is 1. The first-order chi connectivity index (χ1) is 10.1. The van der Waals surface area contributed by atoms with Gasteiger partial charge in [-0.1, -0.05) is 11.6 Å². The van der Waals surface area contributed by atoms with Crippen LogP contribution < -0.4 is 10.9 Å². The van der Waals surface area contributed by atoms with Crippen LogP contribution in [0.25, 0.3) is 10.2 Å². The third-order valence-electron chi connectivity index (χ3n) is 3.02. The van der Waals surface area contributed by atoms with Gasteiger partial charge in [-0.05, 0) is 35.7 Å². The molecule has 0 saturated carbocycles. The van der Waals surface area contributed by atoms with Gasteiger partial charge in [0.25, 0.3) is 0 Å². The van der Waals surface area contributed by atoms with Gasteiger partial charge in [0.2, 0.25) is 0 Å². The summed E-state index contributed by atoms with van der Waals surface area (Å²) in [5.41, 5.74) is 1.83. The van der Waals surface area contributed by atoms with Gasteiger partial charge in [-0.3, -0.25) is 9.99 Å². The van der Waals surface area contributed by atoms with E-state index in [1.807, 2.05) is 11.4 Å². The van der Waals surface area contributed by atoms with Gasteiger partial charge in [-0.25, -0.2) is 10.6 Å². The number of hydrazine groups is 1. The highest BCUT2D eigenvalue weighted by Gasteiger charge is 2.20. The topological polar surface area (TPSA) is 79.5 Å². The number of carboxylic acids is 1. The van der Waals surface area contributed by atoms with E-state index in [0.29, 0.717) is 21.9 Å². The minimum absolute atomic E-state index is 0.0578. The summed E-state index contributed by atoms with van der Waals surface area (Å²) >= 11 is 7.26. The molecule has 0 bridgehead atoms. The predicted octanol–water partition coefficient (Wildman–Crippen LogP) is 3.66. The van der Waals surface area contributed by atoms with Gasteiger partial charge in [0, 0.05) is 11.2 Å². The third-order valence-corrected chi connectivity index (χ3v) is 4.19. The number of aromatic nitrogens is 1. The van der Waals surface area contributed by atoms with Crippen LogP contribution in [-0.4, -0.2) is 16.1 Å². The molecule has 0 atom stereocenters. The summed E-state index contributed by atoms with van der Waals surface area (Å²) in [6.45, 7) is 0. The Labute approximate surface area is 129 Å². The number of nitrogens with zero attached hydrogens (tertiary/aromatic N) is 2. The molecule has 2 heterocycles. The molecule has 1 aromatic carbocycles. The maximum atomic E-state index is 11.4. The molecule has 0 spiro atoms. The number of anilines is 2. The number of benzene rings is 1. The number of halogens is 1. The Balaban J connectivity index is 2.21. The highest BCUT2D eigenvalue weighted by molar-refractivity contribution is 7.17. The molecule has 2 aromatic heterocycles. The number of pyridine rings is 1. The van der Waals surface area contributed by atoms with Crippen molar-refractivity contribution in [2.24, 2.45) is 5.84 Å². The summed E-state index contributed by atoms with van der Waals surface area (Å²) in [5, 5.41) is 13.1. The molecule has 5 nitrogen and oxygen atoms in total. The molecular formula is C14H10ClN3O2S. The van der Waals surface area contributed by atoms with E-state index in [2.05, 4.69) is 4.98 Å². The molecule has 0 aliphatic carbocycles. The molecule has 0 saturated heterocycles. The lowest BCUT2D eigenvalue weighted by Crippen LogP contribution is -2.27. The smallest absolute Gasteiger partial charge is 0.339 e. The molecule has 3 N–H and O–H groups in total. The van der Waals surface area contributed by atoms with E-state index in [0.717, 1.165) is 4.70 Å². The normalized spacial score (nSPS) is 10.8. The summed E-state index contributed by atoms with van der Waals surface area (Å²) in [4.78, 5) is 15.6. The van der Waals surface area contributed by atoms with E-state index in [-0.39, 0.29) is 5.56 Å². The van der Waals surface area contributed by atoms with Crippen LogP contribution in [0.4, 0.5) is 11.4 Å². The molecule has 0 amide bonds. The quantitative estimate of drug-likeness (QED) is 0.569. The third kappa shape index (κ3) is 2.44. The average Bonchev–Trinajstić information content (AvgIpc) is 2.94. The summed E-state index contributed by atoms with van der Waals surface area (Å²) < 4.78 is 0.729. The van der Waals surface area contributed by atoms with Crippen molar-refractivity contribution in [1.29, 1.82) is 0 Å². The SMILES string of the molecule is NN(c1ccc(Cl)cc1)c1c(C(=O)O)cnc2ccsc12. The molecule has 106 valence electrons. The Bertz CT molecular complexity index is 817. The van der Waals surface area contributed by atoms with Crippen LogP contribution in [0.5, 0.6) is 0 Å². The van der Waals surface area contributed by atoms with E-state index in [4.69, 9.17) is 17.4 Å². The van der Waals surface area contributed by atoms with Crippen molar-refractivity contribution in [3.8, 4) is 0 Å². The summed E-state index contributed by atoms with van der Waals surface area (Å²) in [6.07, 6.45) is 1.32. The van der Waals surface area contributed by atoms with Crippen LogP contribution in [0.2, 0.25) is 5.02 Å². The standard InChI is InChI=1S/C14H10ClN3O2S/c15-8-1-3-9(4-2-8)18(16)12-10(14(19)20)7-17-11-5-6-21-13(11)12/h1-7H,16H2,(H,19,20). The van der Waals surface area contributed by atoms with E-state index in [1.165, 1.54) is 22.5 Å². The van der Waals surface area contributed by atoms with Crippen molar-refractivity contribution in [2.75, 3.05) is 5.01 Å². The maximum Gasteiger partial charge on any atom is 0.339 e. The van der Waals surface area contributed by atoms with Crippen LogP contribution >= 0.6 is 22.9 Å². The fourth-order valence-corrected chi connectivity index (χ4v) is 3.05. The van der Waals surface area contributed by atoms with Crippen molar-refractivity contribution in [1.82, 2.24) is 4.98 Å². The number of fused-ring (bicyclic) bond motifs is 1. The number of thiophene rings is 1. The van der Waals surface area contributed by atoms with Gasteiger partial charge in [-0.15, -0.1) is 11.3 Å². The van der Waals surface area contributed by atoms with Crippen molar-refractivity contribution in [3.05, 3.63) is 52.5 Å². The van der Waals surface area contributed by atoms with Gasteiger partial charge in [-0.2, -0.15) is 0 Å². The number of hydrogen-bond acceptors (Lipinski definition) is 5. The van der Waals surface area contributed by atoms with Crippen molar-refractivity contribution in [3.63, 3.8) is 0 Å². The Morgan fingerprint density at radius 2 is 2.00 bits per heavy atom. The van der Waals surface area contributed by atoms with Crippen molar-refractivity contribution in [2.45, 2.75) is 0 Å². The summed E-state index contributed by atoms with van der Waals surface area (Å²) in [5.74, 6) is 5.06. The zero-order valence-corrected chi connectivity index (χ0v) is 12.2. The largest absolute Gasteiger partial charge is 0.478 e. The first-order valence-electron chi connectivity index (χ1n) is 5.98. The number of carboxylic acid groups (broad SMARTS) is 1. The minimum Gasteiger partial charge on any atom is -0.478 e. The molecule has 0 aliphatic rings. The van der Waals surface area contributed by atoms with Gasteiger partial charge >= 0.3 is 5.97 Å². The predicted molar refractivity (Wildman–Crippen MR) is 84.4 cm³/mol. The summed E-state index contributed by atoms with van der Waals surface area (Å²) in [6, 6.07) is 8.68. The monoisotopic (exact) mass is 319 g/mol. The molecule has 3 rings (SSSR count). The lowest BCUT2D eigenvalue weighted by molar-refractivity contribution is 0.0697. The minimum atomic E-state index is -1.07. The first kappa shape index (κ1) is 13.8. The van der Waals surface area contributed by atoms with Crippen LogP contribution in [0.3, 0.4) is 0 Å². The molecule has 0 aliphatic heterocycles. The van der Waals surface area contributed by atoms with E-state index < -0.39 is 5.97 Å². The summed E-state index contributed by atoms with van der Waals surface area (Å²) in [7, 11) is 0. The van der Waals surface area contributed by atoms with E-state index in [9.17, 15) is 9.90 Å². The second-order valence-corrected chi connectivity index (χ2v) is 5.66. The maximum absolute atomic E-state index is 11.4. The van der Waals surface area contributed by atoms with Crippen LogP contribution in [-0.2, 0) is 0 Å². The Morgan fingerprint density at radius 3 is 2.67 bits per heavy atom. The molecule has 21 heavy (non-hydrogen) atoms. The van der Waals surface area contributed by atoms with Crippen molar-refractivity contribution >= 4 is 50.5 Å². The Hall–Kier alpha value is -2.15. The number of rotatable bonds is 3. The van der Waals surface area contributed by atoms with Crippen molar-refractivity contribution < 1.29 is 9.90 Å². The second kappa shape index (κ2) is 5.33. The number of nitrogens with two attached hydrogens (primary N) is 1. The lowest BCUT2D eigenvalue weighted by Gasteiger charge is -2.21. The second-order valence-electron chi connectivity index (χ2n) is 4.31. The molecule has 0 unspecified atom stereocenters. The molecule has 0 fully saturated rings. The Kier molecular flexibility index (Phi) is 3.50. The van der Waals surface area contributed by atoms with Crippen LogP contribution in [0.1, 0.15) is 10.4 Å². The highest BCUT2D eigenvalue weighted by Crippen LogP contribution is 2.35. The molecule has 0 radical (unpaired) electrons. The zero-order chi connectivity index (χ0) is 15.0. The van der Waals surface area contributed by atoms with Crippen LogP contribution in [0, 0.1) is 0 Å². The van der Waals surface area contributed by atoms with Gasteiger partial charge in [0.05, 0.1) is 21.6 Å². The zero-order valence-electron chi connectivity index (χ0n) is 10.7. The Morgan fingerprint density at radius 1 is 1.29 bits per heavy atom. The fourth-order valence-electron chi connectivity index (χ4n) is 2.03. The highest BCUT2D eigenvalue weighted by atomic mass is 35.5. The van der Waals surface area contributed by atoms with Gasteiger partial charge in [0.1, 0.15) is 5.56 Å². The van der Waals surface area contributed by atoms with Gasteiger partial charge in [0.15, 0.2) is 0 Å². The van der Waals surface area contributed by atoms with E-state index >= 15 is 0 Å². The lowest BCUT2D eigenvalue weighted by atomic mass is 10.2. The van der Waals surface area contributed by atoms with Crippen LogP contribution in [0.15, 0.2) is 41.9 Å². The fraction of sp³-hybridized carbons (Fsp3) is 0. The number of hydrogen-bond donors (Lipinski definition) is 2. The van der Waals surface area contributed by atoms with Gasteiger partial charge < -0.3 is 5.11 Å². The van der Waals surface area contributed by atoms with E-state index in [1.54, 1.807) is 24.3 Å². The molecular weight excluding hydrogens is 310 g/mol.